The summed E-state index contributed by atoms with van der Waals surface area (Å²) in [7, 11) is 0. The van der Waals surface area contributed by atoms with E-state index in [2.05, 4.69) is 28.0 Å². The maximum absolute atomic E-state index is 6.12. The summed E-state index contributed by atoms with van der Waals surface area (Å²) < 4.78 is 0. The first-order valence-corrected chi connectivity index (χ1v) is 8.88. The molecule has 1 heterocycles. The zero-order valence-electron chi connectivity index (χ0n) is 12.7. The van der Waals surface area contributed by atoms with Gasteiger partial charge >= 0.3 is 0 Å². The highest BCUT2D eigenvalue weighted by Crippen LogP contribution is 2.37. The van der Waals surface area contributed by atoms with E-state index in [9.17, 15) is 0 Å². The highest BCUT2D eigenvalue weighted by atomic mass is 35.5. The molecule has 2 aliphatic carbocycles. The van der Waals surface area contributed by atoms with Gasteiger partial charge in [-0.25, -0.2) is 0 Å². The van der Waals surface area contributed by atoms with Gasteiger partial charge in [-0.2, -0.15) is 0 Å². The molecule has 1 aliphatic heterocycles. The largest absolute Gasteiger partial charge is 0.299 e. The Kier molecular flexibility index (Phi) is 3.95. The van der Waals surface area contributed by atoms with Gasteiger partial charge in [-0.3, -0.25) is 9.80 Å². The molecule has 1 aromatic rings. The fourth-order valence-corrected chi connectivity index (χ4v) is 4.47. The summed E-state index contributed by atoms with van der Waals surface area (Å²) >= 11 is 6.12. The van der Waals surface area contributed by atoms with Crippen molar-refractivity contribution in [3.63, 3.8) is 0 Å². The Bertz CT molecular complexity index is 500. The van der Waals surface area contributed by atoms with Gasteiger partial charge in [0, 0.05) is 43.3 Å². The molecule has 0 radical (unpaired) electrons. The molecule has 114 valence electrons. The van der Waals surface area contributed by atoms with Crippen molar-refractivity contribution in [2.75, 3.05) is 19.6 Å². The van der Waals surface area contributed by atoms with Crippen LogP contribution in [0, 0.1) is 5.92 Å². The molecule has 2 saturated carbocycles. The molecule has 2 atom stereocenters. The fraction of sp³-hybridized carbons (Fsp3) is 0.667. The molecule has 3 fully saturated rings. The number of nitrogens with zero attached hydrogens (tertiary/aromatic N) is 2. The number of rotatable bonds is 6. The fourth-order valence-electron chi connectivity index (χ4n) is 4.26. The summed E-state index contributed by atoms with van der Waals surface area (Å²) in [5.74, 6) is 1.01. The normalized spacial score (nSPS) is 28.7. The topological polar surface area (TPSA) is 6.48 Å². The van der Waals surface area contributed by atoms with E-state index in [1.165, 1.54) is 57.3 Å². The third-order valence-corrected chi connectivity index (χ3v) is 5.77. The standard InChI is InChI=1S/C18H25ClN2/c19-16-3-1-2-14(10-16)12-20(17-6-7-17)8-9-21-13-15-4-5-18(21)11-15/h1-3,10,15,17-18H,4-9,11-13H2/t15-,18+/m0/s1. The number of hydrogen-bond donors (Lipinski definition) is 0. The second-order valence-electron chi connectivity index (χ2n) is 7.16. The average molecular weight is 305 g/mol. The Morgan fingerprint density at radius 2 is 2.10 bits per heavy atom. The Labute approximate surface area is 133 Å². The van der Waals surface area contributed by atoms with Crippen LogP contribution in [0.1, 0.15) is 37.7 Å². The van der Waals surface area contributed by atoms with Crippen LogP contribution in [0.25, 0.3) is 0 Å². The van der Waals surface area contributed by atoms with E-state index in [0.29, 0.717) is 0 Å². The van der Waals surface area contributed by atoms with Crippen molar-refractivity contribution in [2.24, 2.45) is 5.92 Å². The molecule has 3 aliphatic rings. The molecule has 0 aromatic heterocycles. The molecule has 0 amide bonds. The molecular weight excluding hydrogens is 280 g/mol. The zero-order valence-corrected chi connectivity index (χ0v) is 13.4. The van der Waals surface area contributed by atoms with Gasteiger partial charge in [0.2, 0.25) is 0 Å². The molecule has 1 aromatic carbocycles. The number of fused-ring (bicyclic) bond motifs is 2. The average Bonchev–Trinajstić information content (AvgIpc) is 3.11. The van der Waals surface area contributed by atoms with Crippen LogP contribution in [0.15, 0.2) is 24.3 Å². The van der Waals surface area contributed by atoms with Crippen molar-refractivity contribution in [2.45, 2.75) is 50.7 Å². The molecule has 2 bridgehead atoms. The first-order chi connectivity index (χ1) is 10.3. The SMILES string of the molecule is Clc1cccc(CN(CCN2C[C@H]3CC[C@@H]2C3)C2CC2)c1. The molecule has 0 spiro atoms. The van der Waals surface area contributed by atoms with Crippen molar-refractivity contribution in [1.29, 1.82) is 0 Å². The minimum absolute atomic E-state index is 0.823. The van der Waals surface area contributed by atoms with Crippen LogP contribution in [-0.2, 0) is 6.54 Å². The van der Waals surface area contributed by atoms with E-state index in [1.807, 2.05) is 6.07 Å². The minimum atomic E-state index is 0.823. The van der Waals surface area contributed by atoms with E-state index in [0.717, 1.165) is 29.6 Å². The Hall–Kier alpha value is -0.570. The van der Waals surface area contributed by atoms with E-state index in [-0.39, 0.29) is 0 Å². The van der Waals surface area contributed by atoms with Crippen LogP contribution < -0.4 is 0 Å². The summed E-state index contributed by atoms with van der Waals surface area (Å²) in [6, 6.07) is 10.1. The summed E-state index contributed by atoms with van der Waals surface area (Å²) in [5, 5.41) is 0.861. The lowest BCUT2D eigenvalue weighted by atomic mass is 10.1. The van der Waals surface area contributed by atoms with Crippen LogP contribution in [0.4, 0.5) is 0 Å². The molecule has 3 heteroatoms. The molecule has 2 nitrogen and oxygen atoms in total. The molecular formula is C18H25ClN2. The first-order valence-electron chi connectivity index (χ1n) is 8.50. The molecule has 1 saturated heterocycles. The van der Waals surface area contributed by atoms with E-state index in [1.54, 1.807) is 0 Å². The van der Waals surface area contributed by atoms with Gasteiger partial charge in [-0.15, -0.1) is 0 Å². The van der Waals surface area contributed by atoms with Crippen molar-refractivity contribution in [3.8, 4) is 0 Å². The van der Waals surface area contributed by atoms with E-state index in [4.69, 9.17) is 11.6 Å². The molecule has 4 rings (SSSR count). The van der Waals surface area contributed by atoms with Gasteiger partial charge in [0.1, 0.15) is 0 Å². The lowest BCUT2D eigenvalue weighted by Gasteiger charge is -2.30. The van der Waals surface area contributed by atoms with Crippen LogP contribution in [0.3, 0.4) is 0 Å². The smallest absolute Gasteiger partial charge is 0.0409 e. The van der Waals surface area contributed by atoms with Crippen molar-refractivity contribution < 1.29 is 0 Å². The number of halogens is 1. The first kappa shape index (κ1) is 14.0. The second kappa shape index (κ2) is 5.91. The van der Waals surface area contributed by atoms with Gasteiger partial charge in [0.15, 0.2) is 0 Å². The third-order valence-electron chi connectivity index (χ3n) is 5.54. The lowest BCUT2D eigenvalue weighted by molar-refractivity contribution is 0.163. The highest BCUT2D eigenvalue weighted by molar-refractivity contribution is 6.30. The number of likely N-dealkylation sites (tertiary alicyclic amines) is 1. The minimum Gasteiger partial charge on any atom is -0.299 e. The maximum atomic E-state index is 6.12. The van der Waals surface area contributed by atoms with Gasteiger partial charge in [-0.05, 0) is 55.7 Å². The van der Waals surface area contributed by atoms with Crippen molar-refractivity contribution >= 4 is 11.6 Å². The lowest BCUT2D eigenvalue weighted by Crippen LogP contribution is -2.39. The van der Waals surface area contributed by atoms with Crippen LogP contribution >= 0.6 is 11.6 Å². The Morgan fingerprint density at radius 3 is 2.76 bits per heavy atom. The van der Waals surface area contributed by atoms with Crippen LogP contribution in [0.2, 0.25) is 5.02 Å². The van der Waals surface area contributed by atoms with Crippen LogP contribution in [-0.4, -0.2) is 41.5 Å². The number of piperidine rings is 1. The third kappa shape index (κ3) is 3.28. The summed E-state index contributed by atoms with van der Waals surface area (Å²) in [6.07, 6.45) is 7.16. The van der Waals surface area contributed by atoms with Gasteiger partial charge in [0.25, 0.3) is 0 Å². The van der Waals surface area contributed by atoms with E-state index >= 15 is 0 Å². The Balaban J connectivity index is 1.34. The quantitative estimate of drug-likeness (QED) is 0.789. The van der Waals surface area contributed by atoms with E-state index < -0.39 is 0 Å². The highest BCUT2D eigenvalue weighted by Gasteiger charge is 2.38. The second-order valence-corrected chi connectivity index (χ2v) is 7.60. The number of benzene rings is 1. The molecule has 0 N–H and O–H groups in total. The van der Waals surface area contributed by atoms with Gasteiger partial charge in [-0.1, -0.05) is 23.7 Å². The summed E-state index contributed by atoms with van der Waals surface area (Å²) in [5.41, 5.74) is 1.36. The zero-order chi connectivity index (χ0) is 14.2. The predicted octanol–water partition coefficient (Wildman–Crippen LogP) is 3.79. The molecule has 21 heavy (non-hydrogen) atoms. The number of hydrogen-bond acceptors (Lipinski definition) is 2. The maximum Gasteiger partial charge on any atom is 0.0409 e. The predicted molar refractivity (Wildman–Crippen MR) is 87.6 cm³/mol. The Morgan fingerprint density at radius 1 is 1.19 bits per heavy atom. The van der Waals surface area contributed by atoms with Crippen molar-refractivity contribution in [3.05, 3.63) is 34.9 Å². The van der Waals surface area contributed by atoms with Gasteiger partial charge < -0.3 is 0 Å². The van der Waals surface area contributed by atoms with Crippen molar-refractivity contribution in [1.82, 2.24) is 9.80 Å². The summed E-state index contributed by atoms with van der Waals surface area (Å²) in [4.78, 5) is 5.43. The molecule has 0 unspecified atom stereocenters. The monoisotopic (exact) mass is 304 g/mol. The summed E-state index contributed by atoms with van der Waals surface area (Å²) in [6.45, 7) is 4.91. The van der Waals surface area contributed by atoms with Crippen LogP contribution in [0.5, 0.6) is 0 Å². The van der Waals surface area contributed by atoms with Gasteiger partial charge in [0.05, 0.1) is 0 Å².